The molecule has 1 aliphatic heterocycles. The minimum absolute atomic E-state index is 0.141. The van der Waals surface area contributed by atoms with Gasteiger partial charge in [0.05, 0.1) is 0 Å². The summed E-state index contributed by atoms with van der Waals surface area (Å²) < 4.78 is 5.97. The first-order chi connectivity index (χ1) is 12.1. The topological polar surface area (TPSA) is 43.4 Å². The van der Waals surface area contributed by atoms with Crippen molar-refractivity contribution >= 4 is 11.8 Å². The Labute approximate surface area is 149 Å². The molecule has 0 amide bonds. The largest absolute Gasteiger partial charge is 0.451 e. The Morgan fingerprint density at radius 3 is 2.72 bits per heavy atom. The molecule has 134 valence electrons. The second-order valence-electron chi connectivity index (χ2n) is 9.03. The maximum atomic E-state index is 11.9. The summed E-state index contributed by atoms with van der Waals surface area (Å²) in [5.74, 6) is 3.00. The van der Waals surface area contributed by atoms with E-state index in [9.17, 15) is 9.59 Å². The van der Waals surface area contributed by atoms with Crippen LogP contribution < -0.4 is 0 Å². The molecule has 5 aliphatic rings. The van der Waals surface area contributed by atoms with Crippen LogP contribution in [-0.2, 0) is 14.3 Å². The molecule has 0 bridgehead atoms. The third-order valence-corrected chi connectivity index (χ3v) is 8.58. The van der Waals surface area contributed by atoms with Crippen LogP contribution in [0.4, 0.5) is 0 Å². The van der Waals surface area contributed by atoms with Gasteiger partial charge >= 0.3 is 5.97 Å². The summed E-state index contributed by atoms with van der Waals surface area (Å²) in [6, 6.07) is 0. The zero-order valence-electron chi connectivity index (χ0n) is 15.1. The van der Waals surface area contributed by atoms with E-state index in [1.807, 2.05) is 6.08 Å². The molecule has 3 heteroatoms. The third-order valence-electron chi connectivity index (χ3n) is 8.58. The molecule has 0 aromatic rings. The summed E-state index contributed by atoms with van der Waals surface area (Å²) in [5.41, 5.74) is 1.26. The Kier molecular flexibility index (Phi) is 3.37. The number of esters is 1. The quantitative estimate of drug-likeness (QED) is 0.666. The van der Waals surface area contributed by atoms with Crippen molar-refractivity contribution in [2.24, 2.45) is 29.1 Å². The Morgan fingerprint density at radius 2 is 1.96 bits per heavy atom. The molecule has 0 aromatic heterocycles. The smallest absolute Gasteiger partial charge is 0.331 e. The summed E-state index contributed by atoms with van der Waals surface area (Å²) in [7, 11) is 0. The normalized spacial score (nSPS) is 48.0. The number of fused-ring (bicyclic) bond motifs is 6. The Balaban J connectivity index is 1.49. The first-order valence-corrected chi connectivity index (χ1v) is 10.2. The summed E-state index contributed by atoms with van der Waals surface area (Å²) in [6.07, 6.45) is 15.6. The minimum Gasteiger partial charge on any atom is -0.451 e. The van der Waals surface area contributed by atoms with Crippen LogP contribution in [0.3, 0.4) is 0 Å². The lowest BCUT2D eigenvalue weighted by molar-refractivity contribution is -0.164. The second kappa shape index (κ2) is 5.31. The summed E-state index contributed by atoms with van der Waals surface area (Å²) in [4.78, 5) is 23.7. The van der Waals surface area contributed by atoms with Crippen LogP contribution in [0, 0.1) is 29.1 Å². The maximum Gasteiger partial charge on any atom is 0.331 e. The van der Waals surface area contributed by atoms with Crippen molar-refractivity contribution in [1.82, 2.24) is 0 Å². The van der Waals surface area contributed by atoms with Gasteiger partial charge in [0, 0.05) is 17.9 Å². The van der Waals surface area contributed by atoms with Crippen LogP contribution in [-0.4, -0.2) is 17.4 Å². The van der Waals surface area contributed by atoms with E-state index >= 15 is 0 Å². The van der Waals surface area contributed by atoms with Gasteiger partial charge in [-0.2, -0.15) is 0 Å². The van der Waals surface area contributed by atoms with E-state index in [0.29, 0.717) is 17.6 Å². The standard InChI is InChI=1S/C22H28O3/c1-2-21-10-7-17-16-6-4-15(23)13-14(16)3-5-18(17)19(21)8-11-22(21)12-9-20(24)25-22/h9,12-13,16-19H,2-8,10-11H2,1H3/t16-,17?,18?,19?,21-,22+/m0/s1. The molecule has 5 rings (SSSR count). The molecular formula is C22H28O3. The maximum absolute atomic E-state index is 11.9. The van der Waals surface area contributed by atoms with Gasteiger partial charge in [-0.05, 0) is 87.2 Å². The number of rotatable bonds is 1. The highest BCUT2D eigenvalue weighted by molar-refractivity contribution is 5.91. The van der Waals surface area contributed by atoms with E-state index in [2.05, 4.69) is 13.0 Å². The first kappa shape index (κ1) is 15.8. The SMILES string of the molecule is CC[C@]12CCC3C(CCC4=CC(=O)CC[C@@H]43)C1CC[C@@]21C=CC(=O)O1. The van der Waals surface area contributed by atoms with Gasteiger partial charge in [-0.15, -0.1) is 0 Å². The molecule has 4 aliphatic carbocycles. The number of allylic oxidation sites excluding steroid dienone is 1. The number of carbonyl (C=O) groups is 2. The zero-order chi connectivity index (χ0) is 17.2. The molecule has 3 nitrogen and oxygen atoms in total. The number of ether oxygens (including phenoxy) is 1. The fourth-order valence-electron chi connectivity index (χ4n) is 7.62. The lowest BCUT2D eigenvalue weighted by Gasteiger charge is -2.56. The van der Waals surface area contributed by atoms with Crippen LogP contribution in [0.15, 0.2) is 23.8 Å². The van der Waals surface area contributed by atoms with Crippen molar-refractivity contribution in [2.45, 2.75) is 70.3 Å². The number of ketones is 1. The summed E-state index contributed by atoms with van der Waals surface area (Å²) in [6.45, 7) is 2.30. The van der Waals surface area contributed by atoms with Crippen molar-refractivity contribution in [3.63, 3.8) is 0 Å². The van der Waals surface area contributed by atoms with Crippen LogP contribution in [0.25, 0.3) is 0 Å². The monoisotopic (exact) mass is 340 g/mol. The average Bonchev–Trinajstić information content (AvgIpc) is 3.16. The molecule has 0 radical (unpaired) electrons. The highest BCUT2D eigenvalue weighted by Crippen LogP contribution is 2.68. The summed E-state index contributed by atoms with van der Waals surface area (Å²) in [5, 5.41) is 0. The fraction of sp³-hybridized carbons (Fsp3) is 0.727. The van der Waals surface area contributed by atoms with Crippen molar-refractivity contribution in [2.75, 3.05) is 0 Å². The summed E-state index contributed by atoms with van der Waals surface area (Å²) >= 11 is 0. The highest BCUT2D eigenvalue weighted by Gasteiger charge is 2.66. The van der Waals surface area contributed by atoms with Gasteiger partial charge in [0.1, 0.15) is 5.60 Å². The molecule has 3 unspecified atom stereocenters. The number of carbonyl (C=O) groups excluding carboxylic acids is 2. The fourth-order valence-corrected chi connectivity index (χ4v) is 7.62. The first-order valence-electron chi connectivity index (χ1n) is 10.2. The molecular weight excluding hydrogens is 312 g/mol. The van der Waals surface area contributed by atoms with E-state index in [4.69, 9.17) is 4.74 Å². The van der Waals surface area contributed by atoms with Gasteiger partial charge < -0.3 is 4.74 Å². The predicted molar refractivity (Wildman–Crippen MR) is 94.7 cm³/mol. The van der Waals surface area contributed by atoms with Gasteiger partial charge in [0.25, 0.3) is 0 Å². The number of hydrogen-bond acceptors (Lipinski definition) is 3. The average molecular weight is 340 g/mol. The molecule has 6 atom stereocenters. The van der Waals surface area contributed by atoms with Gasteiger partial charge in [0.2, 0.25) is 0 Å². The van der Waals surface area contributed by atoms with Crippen molar-refractivity contribution in [3.05, 3.63) is 23.8 Å². The van der Waals surface area contributed by atoms with Crippen LogP contribution in [0.1, 0.15) is 64.7 Å². The lowest BCUT2D eigenvalue weighted by Crippen LogP contribution is -2.53. The molecule has 0 saturated heterocycles. The molecule has 25 heavy (non-hydrogen) atoms. The Bertz CT molecular complexity index is 689. The molecule has 0 N–H and O–H groups in total. The third kappa shape index (κ3) is 1.98. The predicted octanol–water partition coefficient (Wildman–Crippen LogP) is 4.37. The minimum atomic E-state index is -0.326. The molecule has 1 heterocycles. The second-order valence-corrected chi connectivity index (χ2v) is 9.03. The Hall–Kier alpha value is -1.38. The van der Waals surface area contributed by atoms with Gasteiger partial charge in [-0.3, -0.25) is 4.79 Å². The van der Waals surface area contributed by atoms with Crippen LogP contribution in [0.2, 0.25) is 0 Å². The molecule has 0 aromatic carbocycles. The van der Waals surface area contributed by atoms with E-state index in [1.54, 1.807) is 6.08 Å². The zero-order valence-corrected chi connectivity index (χ0v) is 15.1. The Morgan fingerprint density at radius 1 is 1.08 bits per heavy atom. The molecule has 1 spiro atoms. The lowest BCUT2D eigenvalue weighted by atomic mass is 9.49. The van der Waals surface area contributed by atoms with Crippen molar-refractivity contribution in [3.8, 4) is 0 Å². The van der Waals surface area contributed by atoms with Gasteiger partial charge in [0.15, 0.2) is 5.78 Å². The van der Waals surface area contributed by atoms with Gasteiger partial charge in [-0.25, -0.2) is 4.79 Å². The van der Waals surface area contributed by atoms with E-state index < -0.39 is 0 Å². The molecule has 3 saturated carbocycles. The number of hydrogen-bond donors (Lipinski definition) is 0. The van der Waals surface area contributed by atoms with Crippen LogP contribution in [0.5, 0.6) is 0 Å². The van der Waals surface area contributed by atoms with E-state index in [0.717, 1.165) is 43.9 Å². The highest BCUT2D eigenvalue weighted by atomic mass is 16.6. The van der Waals surface area contributed by atoms with Crippen molar-refractivity contribution < 1.29 is 14.3 Å². The van der Waals surface area contributed by atoms with E-state index in [-0.39, 0.29) is 17.0 Å². The van der Waals surface area contributed by atoms with Crippen molar-refractivity contribution in [1.29, 1.82) is 0 Å². The molecule has 3 fully saturated rings. The van der Waals surface area contributed by atoms with Crippen LogP contribution >= 0.6 is 0 Å². The van der Waals surface area contributed by atoms with E-state index in [1.165, 1.54) is 31.3 Å². The van der Waals surface area contributed by atoms with Gasteiger partial charge in [-0.1, -0.05) is 12.5 Å².